The molecule has 4 rings (SSSR count). The fourth-order valence-corrected chi connectivity index (χ4v) is 4.75. The fourth-order valence-electron chi connectivity index (χ4n) is 4.75. The van der Waals surface area contributed by atoms with Gasteiger partial charge in [-0.2, -0.15) is 0 Å². The molecule has 2 aromatic rings. The zero-order chi connectivity index (χ0) is 25.6. The van der Waals surface area contributed by atoms with Gasteiger partial charge in [-0.3, -0.25) is 0 Å². The van der Waals surface area contributed by atoms with E-state index in [2.05, 4.69) is 0 Å². The highest BCUT2D eigenvalue weighted by molar-refractivity contribution is 5.80. The van der Waals surface area contributed by atoms with Crippen molar-refractivity contribution in [3.63, 3.8) is 0 Å². The van der Waals surface area contributed by atoms with Gasteiger partial charge >= 0.3 is 5.97 Å². The van der Waals surface area contributed by atoms with Crippen molar-refractivity contribution in [1.29, 1.82) is 0 Å². The van der Waals surface area contributed by atoms with Gasteiger partial charge in [0.1, 0.15) is 17.5 Å². The lowest BCUT2D eigenvalue weighted by Gasteiger charge is -2.44. The number of fused-ring (bicyclic) bond motifs is 1. The Morgan fingerprint density at radius 2 is 1.67 bits per heavy atom. The zero-order valence-electron chi connectivity index (χ0n) is 21.5. The summed E-state index contributed by atoms with van der Waals surface area (Å²) in [4.78, 5) is 12.9. The van der Waals surface area contributed by atoms with Gasteiger partial charge in [0.2, 0.25) is 0 Å². The maximum Gasteiger partial charge on any atom is 0.340 e. The topological polar surface area (TPSA) is 72.5 Å². The highest BCUT2D eigenvalue weighted by Gasteiger charge is 2.53. The molecule has 1 fully saturated rings. The Morgan fingerprint density at radius 1 is 0.944 bits per heavy atom. The van der Waals surface area contributed by atoms with Crippen LogP contribution in [0.2, 0.25) is 0 Å². The van der Waals surface area contributed by atoms with Crippen LogP contribution < -0.4 is 4.74 Å². The second kappa shape index (κ2) is 11.6. The summed E-state index contributed by atoms with van der Waals surface area (Å²) < 4.78 is 35.5. The van der Waals surface area contributed by atoms with Gasteiger partial charge in [0.25, 0.3) is 0 Å². The molecule has 36 heavy (non-hydrogen) atoms. The number of hydrogen-bond donors (Lipinski definition) is 0. The predicted octanol–water partition coefficient (Wildman–Crippen LogP) is 4.62. The molecule has 0 spiro atoms. The average Bonchev–Trinajstić information content (AvgIpc) is 3.01. The Balaban J connectivity index is 1.44. The molecular weight excluding hydrogens is 460 g/mol. The average molecular weight is 497 g/mol. The van der Waals surface area contributed by atoms with Crippen molar-refractivity contribution in [3.05, 3.63) is 77.9 Å². The van der Waals surface area contributed by atoms with E-state index < -0.39 is 23.3 Å². The van der Waals surface area contributed by atoms with Crippen LogP contribution in [0, 0.1) is 0 Å². The fraction of sp³-hybridized carbons (Fsp3) is 0.483. The van der Waals surface area contributed by atoms with Crippen LogP contribution in [0.15, 0.2) is 66.7 Å². The summed E-state index contributed by atoms with van der Waals surface area (Å²) in [5.74, 6) is 0.289. The molecule has 0 aliphatic carbocycles. The molecular formula is C29H36O7. The van der Waals surface area contributed by atoms with Gasteiger partial charge in [0.15, 0.2) is 5.60 Å². The molecule has 0 saturated carbocycles. The third-order valence-electron chi connectivity index (χ3n) is 6.94. The summed E-state index contributed by atoms with van der Waals surface area (Å²) in [6, 6.07) is 17.7. The van der Waals surface area contributed by atoms with Crippen LogP contribution in [0.1, 0.15) is 37.8 Å². The minimum absolute atomic E-state index is 0.0793. The van der Waals surface area contributed by atoms with E-state index in [4.69, 9.17) is 28.4 Å². The van der Waals surface area contributed by atoms with Crippen molar-refractivity contribution in [2.24, 2.45) is 0 Å². The lowest BCUT2D eigenvalue weighted by Crippen LogP contribution is -2.56. The number of hydrogen-bond acceptors (Lipinski definition) is 7. The second-order valence-electron chi connectivity index (χ2n) is 9.65. The molecule has 0 N–H and O–H groups in total. The second-order valence-corrected chi connectivity index (χ2v) is 9.65. The van der Waals surface area contributed by atoms with Crippen LogP contribution in [0.5, 0.6) is 5.75 Å². The van der Waals surface area contributed by atoms with Crippen LogP contribution in [0.25, 0.3) is 0 Å². The highest BCUT2D eigenvalue weighted by atomic mass is 16.6. The Bertz CT molecular complexity index is 1020. The van der Waals surface area contributed by atoms with E-state index in [0.29, 0.717) is 19.8 Å². The Morgan fingerprint density at radius 3 is 2.36 bits per heavy atom. The van der Waals surface area contributed by atoms with Crippen molar-refractivity contribution in [2.75, 3.05) is 20.8 Å². The van der Waals surface area contributed by atoms with E-state index in [1.807, 2.05) is 73.7 Å². The van der Waals surface area contributed by atoms with Gasteiger partial charge in [0, 0.05) is 0 Å². The van der Waals surface area contributed by atoms with Gasteiger partial charge in [-0.1, -0.05) is 54.6 Å². The standard InChI is InChI=1S/C29H36O7/c1-28-17-16-26(34-19-22-10-12-23(31-3)13-11-22)29(2,27(30)32-4)36-25(28)15-14-24(35-28)20-33-18-21-8-6-5-7-9-21/h5-13,16-17,24-26H,14-15,18-20H2,1-4H3/t24-,25+,26-,28-,29+/m1/s1. The van der Waals surface area contributed by atoms with Crippen molar-refractivity contribution >= 4 is 5.97 Å². The molecule has 2 aliphatic rings. The monoisotopic (exact) mass is 496 g/mol. The molecule has 0 radical (unpaired) electrons. The number of benzene rings is 2. The largest absolute Gasteiger partial charge is 0.497 e. The van der Waals surface area contributed by atoms with E-state index in [0.717, 1.165) is 29.7 Å². The first kappa shape index (κ1) is 26.4. The molecule has 0 amide bonds. The van der Waals surface area contributed by atoms with Crippen LogP contribution in [-0.4, -0.2) is 56.3 Å². The van der Waals surface area contributed by atoms with Crippen LogP contribution >= 0.6 is 0 Å². The Kier molecular flexibility index (Phi) is 8.46. The molecule has 2 heterocycles. The van der Waals surface area contributed by atoms with Gasteiger partial charge in [-0.25, -0.2) is 4.79 Å². The maximum absolute atomic E-state index is 12.9. The lowest BCUT2D eigenvalue weighted by atomic mass is 9.89. The van der Waals surface area contributed by atoms with Gasteiger partial charge < -0.3 is 28.4 Å². The summed E-state index contributed by atoms with van der Waals surface area (Å²) in [7, 11) is 2.99. The van der Waals surface area contributed by atoms with Crippen molar-refractivity contribution in [1.82, 2.24) is 0 Å². The smallest absolute Gasteiger partial charge is 0.340 e. The minimum atomic E-state index is -1.32. The zero-order valence-corrected chi connectivity index (χ0v) is 21.5. The van der Waals surface area contributed by atoms with Crippen LogP contribution in [-0.2, 0) is 41.7 Å². The summed E-state index contributed by atoms with van der Waals surface area (Å²) in [6.07, 6.45) is 4.24. The number of methoxy groups -OCH3 is 2. The van der Waals surface area contributed by atoms with Crippen molar-refractivity contribution in [3.8, 4) is 5.75 Å². The van der Waals surface area contributed by atoms with E-state index in [1.54, 1.807) is 14.0 Å². The summed E-state index contributed by atoms with van der Waals surface area (Å²) in [6.45, 7) is 5.03. The predicted molar refractivity (Wildman–Crippen MR) is 135 cm³/mol. The van der Waals surface area contributed by atoms with E-state index >= 15 is 0 Å². The number of ether oxygens (including phenoxy) is 6. The maximum atomic E-state index is 12.9. The first-order valence-corrected chi connectivity index (χ1v) is 12.4. The molecule has 7 nitrogen and oxygen atoms in total. The molecule has 2 aromatic carbocycles. The summed E-state index contributed by atoms with van der Waals surface area (Å²) in [5, 5.41) is 0. The van der Waals surface area contributed by atoms with Gasteiger partial charge in [-0.15, -0.1) is 0 Å². The Hall–Kier alpha value is -2.71. The molecule has 0 unspecified atom stereocenters. The van der Waals surface area contributed by atoms with Gasteiger partial charge in [-0.05, 0) is 49.9 Å². The summed E-state index contributed by atoms with van der Waals surface area (Å²) >= 11 is 0. The van der Waals surface area contributed by atoms with E-state index in [-0.39, 0.29) is 12.2 Å². The molecule has 1 saturated heterocycles. The number of carbonyl (C=O) groups is 1. The highest BCUT2D eigenvalue weighted by Crippen LogP contribution is 2.40. The molecule has 194 valence electrons. The molecule has 7 heteroatoms. The third-order valence-corrected chi connectivity index (χ3v) is 6.94. The third kappa shape index (κ3) is 5.98. The Labute approximate surface area is 213 Å². The van der Waals surface area contributed by atoms with E-state index in [1.165, 1.54) is 7.11 Å². The molecule has 5 atom stereocenters. The lowest BCUT2D eigenvalue weighted by molar-refractivity contribution is -0.236. The van der Waals surface area contributed by atoms with Crippen molar-refractivity contribution < 1.29 is 33.2 Å². The van der Waals surface area contributed by atoms with Crippen LogP contribution in [0.4, 0.5) is 0 Å². The SMILES string of the molecule is COC(=O)[C@@]1(C)O[C@H]2CC[C@H](COCc3ccccc3)O[C@]2(C)C=C[C@H]1OCc1ccc(OC)cc1. The normalized spacial score (nSPS) is 29.7. The molecule has 0 bridgehead atoms. The first-order chi connectivity index (χ1) is 17.4. The quantitative estimate of drug-likeness (QED) is 0.370. The molecule has 2 aliphatic heterocycles. The van der Waals surface area contributed by atoms with Gasteiger partial charge in [0.05, 0.1) is 46.2 Å². The number of rotatable bonds is 9. The molecule has 0 aromatic heterocycles. The van der Waals surface area contributed by atoms with Crippen LogP contribution in [0.3, 0.4) is 0 Å². The van der Waals surface area contributed by atoms with Crippen molar-refractivity contribution in [2.45, 2.75) is 69.4 Å². The minimum Gasteiger partial charge on any atom is -0.497 e. The number of carbonyl (C=O) groups excluding carboxylic acids is 1. The van der Waals surface area contributed by atoms with E-state index in [9.17, 15) is 4.79 Å². The summed E-state index contributed by atoms with van der Waals surface area (Å²) in [5.41, 5.74) is 0.0316. The number of esters is 1. The first-order valence-electron chi connectivity index (χ1n) is 12.4.